The number of fused-ring (bicyclic) bond motifs is 7. The van der Waals surface area contributed by atoms with E-state index in [1.54, 1.807) is 6.20 Å². The molecule has 1 N–H and O–H groups in total. The zero-order chi connectivity index (χ0) is 22.3. The molecule has 1 aromatic heterocycles. The van der Waals surface area contributed by atoms with Gasteiger partial charge in [0.1, 0.15) is 0 Å². The van der Waals surface area contributed by atoms with Crippen LogP contribution < -0.4 is 10.2 Å². The maximum Gasteiger partial charge on any atom is 0.227 e. The molecule has 3 heterocycles. The van der Waals surface area contributed by atoms with Crippen molar-refractivity contribution in [3.05, 3.63) is 78.0 Å². The van der Waals surface area contributed by atoms with Gasteiger partial charge in [-0.2, -0.15) is 0 Å². The van der Waals surface area contributed by atoms with E-state index >= 15 is 0 Å². The third-order valence-corrected chi connectivity index (χ3v) is 5.69. The van der Waals surface area contributed by atoms with Crippen molar-refractivity contribution in [2.75, 3.05) is 49.7 Å². The Morgan fingerprint density at radius 1 is 0.848 bits per heavy atom. The van der Waals surface area contributed by atoms with Gasteiger partial charge in [0.25, 0.3) is 0 Å². The van der Waals surface area contributed by atoms with E-state index in [2.05, 4.69) is 51.6 Å². The van der Waals surface area contributed by atoms with Gasteiger partial charge in [0.05, 0.1) is 45.3 Å². The summed E-state index contributed by atoms with van der Waals surface area (Å²) < 4.78 is 17.3. The van der Waals surface area contributed by atoms with E-state index in [1.807, 2.05) is 24.3 Å². The van der Waals surface area contributed by atoms with Gasteiger partial charge < -0.3 is 24.4 Å². The second kappa shape index (κ2) is 10.6. The van der Waals surface area contributed by atoms with Crippen molar-refractivity contribution < 1.29 is 14.2 Å². The Morgan fingerprint density at radius 3 is 2.58 bits per heavy atom. The first-order valence-electron chi connectivity index (χ1n) is 11.3. The van der Waals surface area contributed by atoms with Gasteiger partial charge in [0.2, 0.25) is 5.95 Å². The molecular formula is C26H28N4O3. The molecule has 0 atom stereocenters. The maximum atomic E-state index is 5.97. The van der Waals surface area contributed by atoms with Gasteiger partial charge in [-0.25, -0.2) is 9.97 Å². The molecule has 0 unspecified atom stereocenters. The van der Waals surface area contributed by atoms with Crippen molar-refractivity contribution in [2.45, 2.75) is 13.2 Å². The summed E-state index contributed by atoms with van der Waals surface area (Å²) >= 11 is 0. The molecule has 0 radical (unpaired) electrons. The lowest BCUT2D eigenvalue weighted by Crippen LogP contribution is -2.36. The van der Waals surface area contributed by atoms with Crippen LogP contribution in [-0.4, -0.2) is 49.5 Å². The van der Waals surface area contributed by atoms with Crippen molar-refractivity contribution in [3.8, 4) is 11.3 Å². The summed E-state index contributed by atoms with van der Waals surface area (Å²) in [5.74, 6) is 0.559. The van der Waals surface area contributed by atoms with Crippen LogP contribution in [0.3, 0.4) is 0 Å². The molecule has 2 aromatic carbocycles. The first-order chi connectivity index (χ1) is 16.3. The largest absolute Gasteiger partial charge is 0.378 e. The van der Waals surface area contributed by atoms with Gasteiger partial charge in [-0.3, -0.25) is 0 Å². The van der Waals surface area contributed by atoms with E-state index in [0.717, 1.165) is 54.4 Å². The van der Waals surface area contributed by atoms with E-state index in [9.17, 15) is 0 Å². The third-order valence-electron chi connectivity index (χ3n) is 5.69. The molecule has 7 nitrogen and oxygen atoms in total. The predicted octanol–water partition coefficient (Wildman–Crippen LogP) is 4.33. The summed E-state index contributed by atoms with van der Waals surface area (Å²) in [5.41, 5.74) is 6.24. The van der Waals surface area contributed by atoms with Crippen molar-refractivity contribution in [1.82, 2.24) is 9.97 Å². The highest BCUT2D eigenvalue weighted by Crippen LogP contribution is 2.28. The first kappa shape index (κ1) is 21.6. The molecule has 6 bridgehead atoms. The van der Waals surface area contributed by atoms with Crippen LogP contribution in [0.25, 0.3) is 11.3 Å². The average molecular weight is 445 g/mol. The number of anilines is 3. The smallest absolute Gasteiger partial charge is 0.227 e. The van der Waals surface area contributed by atoms with Crippen LogP contribution in [0.5, 0.6) is 0 Å². The van der Waals surface area contributed by atoms with E-state index in [0.29, 0.717) is 32.4 Å². The molecule has 170 valence electrons. The molecule has 3 aromatic rings. The van der Waals surface area contributed by atoms with Gasteiger partial charge in [-0.05, 0) is 35.9 Å². The second-order valence-corrected chi connectivity index (χ2v) is 8.04. The molecule has 0 saturated carbocycles. The van der Waals surface area contributed by atoms with Gasteiger partial charge in [0.15, 0.2) is 0 Å². The molecule has 5 rings (SSSR count). The number of hydrogen-bond acceptors (Lipinski definition) is 7. The van der Waals surface area contributed by atoms with Crippen molar-refractivity contribution in [1.29, 1.82) is 0 Å². The van der Waals surface area contributed by atoms with E-state index in [-0.39, 0.29) is 0 Å². The minimum Gasteiger partial charge on any atom is -0.378 e. The normalized spacial score (nSPS) is 17.0. The highest BCUT2D eigenvalue weighted by molar-refractivity contribution is 5.66. The summed E-state index contributed by atoms with van der Waals surface area (Å²) in [6.45, 7) is 5.37. The van der Waals surface area contributed by atoms with Crippen LogP contribution in [0, 0.1) is 0 Å². The lowest BCUT2D eigenvalue weighted by Gasteiger charge is -2.31. The van der Waals surface area contributed by atoms with E-state index in [4.69, 9.17) is 19.2 Å². The lowest BCUT2D eigenvalue weighted by molar-refractivity contribution is 0.121. The highest BCUT2D eigenvalue weighted by Gasteiger charge is 2.16. The first-order valence-corrected chi connectivity index (χ1v) is 11.3. The molecule has 2 aliphatic heterocycles. The molecule has 2 aliphatic rings. The molecular weight excluding hydrogens is 416 g/mol. The zero-order valence-corrected chi connectivity index (χ0v) is 18.6. The highest BCUT2D eigenvalue weighted by atomic mass is 16.5. The van der Waals surface area contributed by atoms with Crippen LogP contribution in [0.2, 0.25) is 0 Å². The number of nitrogens with one attached hydrogen (secondary N) is 1. The summed E-state index contributed by atoms with van der Waals surface area (Å²) in [5, 5.41) is 3.37. The fourth-order valence-electron chi connectivity index (χ4n) is 4.04. The second-order valence-electron chi connectivity index (χ2n) is 8.04. The van der Waals surface area contributed by atoms with Gasteiger partial charge in [-0.1, -0.05) is 30.4 Å². The number of benzene rings is 2. The summed E-state index contributed by atoms with van der Waals surface area (Å²) in [6, 6.07) is 16.5. The molecule has 33 heavy (non-hydrogen) atoms. The maximum absolute atomic E-state index is 5.97. The molecule has 0 amide bonds. The standard InChI is InChI=1S/C26H28N4O3/c1-2-13-33-19-22-17-23(6-7-25(22)30-10-14-31-15-11-30)28-26-27-9-8-24(29-26)21-5-3-4-20(16-21)18-32-12-1/h1-9,16-17H,10-15,18-19H2,(H,27,28,29). The van der Waals surface area contributed by atoms with Gasteiger partial charge in [-0.15, -0.1) is 0 Å². The Hall–Kier alpha value is -3.26. The Labute approximate surface area is 194 Å². The number of ether oxygens (including phenoxy) is 3. The Bertz CT molecular complexity index is 1110. The molecule has 0 aliphatic carbocycles. The fraction of sp³-hybridized carbons (Fsp3) is 0.308. The van der Waals surface area contributed by atoms with Crippen LogP contribution in [-0.2, 0) is 27.4 Å². The van der Waals surface area contributed by atoms with Crippen molar-refractivity contribution in [3.63, 3.8) is 0 Å². The number of rotatable bonds is 1. The third kappa shape index (κ3) is 5.57. The van der Waals surface area contributed by atoms with Crippen LogP contribution in [0.15, 0.2) is 66.9 Å². The lowest BCUT2D eigenvalue weighted by atomic mass is 10.1. The van der Waals surface area contributed by atoms with Crippen LogP contribution in [0.4, 0.5) is 17.3 Å². The SMILES string of the molecule is C1=CCOCc2cc(ccc2N2CCOCC2)Nc2nccc(n2)-c2cccc(c2)COC1. The van der Waals surface area contributed by atoms with Gasteiger partial charge in [0, 0.05) is 41.8 Å². The monoisotopic (exact) mass is 444 g/mol. The van der Waals surface area contributed by atoms with Crippen LogP contribution >= 0.6 is 0 Å². The topological polar surface area (TPSA) is 68.7 Å². The quantitative estimate of drug-likeness (QED) is 0.561. The minimum atomic E-state index is 0.513. The van der Waals surface area contributed by atoms with E-state index < -0.39 is 0 Å². The number of nitrogens with zero attached hydrogens (tertiary/aromatic N) is 3. The minimum absolute atomic E-state index is 0.513. The Kier molecular flexibility index (Phi) is 6.91. The van der Waals surface area contributed by atoms with Crippen molar-refractivity contribution >= 4 is 17.3 Å². The summed E-state index contributed by atoms with van der Waals surface area (Å²) in [7, 11) is 0. The van der Waals surface area contributed by atoms with Crippen LogP contribution in [0.1, 0.15) is 11.1 Å². The average Bonchev–Trinajstić information content (AvgIpc) is 2.86. The summed E-state index contributed by atoms with van der Waals surface area (Å²) in [6.07, 6.45) is 5.79. The Morgan fingerprint density at radius 2 is 1.70 bits per heavy atom. The zero-order valence-electron chi connectivity index (χ0n) is 18.6. The summed E-state index contributed by atoms with van der Waals surface area (Å²) in [4.78, 5) is 11.5. The molecule has 0 spiro atoms. The number of morpholine rings is 1. The number of aromatic nitrogens is 2. The number of hydrogen-bond donors (Lipinski definition) is 1. The Balaban J connectivity index is 1.47. The van der Waals surface area contributed by atoms with E-state index in [1.165, 1.54) is 5.69 Å². The molecule has 1 fully saturated rings. The fourth-order valence-corrected chi connectivity index (χ4v) is 4.04. The molecule has 7 heteroatoms. The van der Waals surface area contributed by atoms with Gasteiger partial charge >= 0.3 is 0 Å². The van der Waals surface area contributed by atoms with Crippen molar-refractivity contribution in [2.24, 2.45) is 0 Å². The predicted molar refractivity (Wildman–Crippen MR) is 129 cm³/mol. The molecule has 1 saturated heterocycles.